The number of sulfonamides is 1. The summed E-state index contributed by atoms with van der Waals surface area (Å²) in [5.41, 5.74) is 1.23. The number of nitrogens with zero attached hydrogens (tertiary/aromatic N) is 2. The van der Waals surface area contributed by atoms with Crippen molar-refractivity contribution >= 4 is 50.7 Å². The smallest absolute Gasteiger partial charge is 0.242 e. The van der Waals surface area contributed by atoms with Crippen molar-refractivity contribution in [2.24, 2.45) is 0 Å². The molecule has 11 heteroatoms. The van der Waals surface area contributed by atoms with Crippen LogP contribution in [-0.2, 0) is 26.2 Å². The fourth-order valence-electron chi connectivity index (χ4n) is 4.14. The van der Waals surface area contributed by atoms with Crippen LogP contribution in [0.15, 0.2) is 42.5 Å². The summed E-state index contributed by atoms with van der Waals surface area (Å²) in [6, 6.07) is 11.2. The molecule has 2 rings (SSSR count). The van der Waals surface area contributed by atoms with E-state index in [2.05, 4.69) is 5.32 Å². The minimum absolute atomic E-state index is 0.0586. The van der Waals surface area contributed by atoms with Gasteiger partial charge in [0.05, 0.1) is 28.6 Å². The maximum Gasteiger partial charge on any atom is 0.242 e. The molecule has 1 N–H and O–H groups in total. The van der Waals surface area contributed by atoms with Gasteiger partial charge in [0, 0.05) is 26.1 Å². The highest BCUT2D eigenvalue weighted by Crippen LogP contribution is 2.25. The summed E-state index contributed by atoms with van der Waals surface area (Å²) in [4.78, 5) is 28.1. The molecular weight excluding hydrogens is 561 g/mol. The van der Waals surface area contributed by atoms with E-state index in [1.54, 1.807) is 47.4 Å². The van der Waals surface area contributed by atoms with Crippen molar-refractivity contribution in [2.45, 2.75) is 65.5 Å². The molecule has 2 amide bonds. The van der Waals surface area contributed by atoms with Crippen LogP contribution in [0.2, 0.25) is 10.0 Å². The molecule has 1 atom stereocenters. The molecule has 0 radical (unpaired) electrons. The summed E-state index contributed by atoms with van der Waals surface area (Å²) in [5, 5.41) is 3.69. The Morgan fingerprint density at radius 1 is 1.00 bits per heavy atom. The molecule has 216 valence electrons. The molecule has 2 aromatic carbocycles. The lowest BCUT2D eigenvalue weighted by Gasteiger charge is -2.31. The maximum absolute atomic E-state index is 13.5. The number of rotatable bonds is 16. The molecule has 0 spiro atoms. The quantitative estimate of drug-likeness (QED) is 0.251. The predicted octanol–water partition coefficient (Wildman–Crippen LogP) is 5.66. The molecule has 0 bridgehead atoms. The van der Waals surface area contributed by atoms with E-state index in [-0.39, 0.29) is 37.7 Å². The van der Waals surface area contributed by atoms with Gasteiger partial charge in [-0.1, -0.05) is 49.5 Å². The van der Waals surface area contributed by atoms with Crippen molar-refractivity contribution in [3.8, 4) is 5.75 Å². The third kappa shape index (κ3) is 10.2. The molecule has 0 unspecified atom stereocenters. The Labute approximate surface area is 242 Å². The molecule has 0 aliphatic heterocycles. The van der Waals surface area contributed by atoms with Crippen molar-refractivity contribution in [1.29, 1.82) is 0 Å². The highest BCUT2D eigenvalue weighted by atomic mass is 35.5. The number of amides is 2. The summed E-state index contributed by atoms with van der Waals surface area (Å²) >= 11 is 12.3. The van der Waals surface area contributed by atoms with Gasteiger partial charge in [0.1, 0.15) is 11.8 Å². The van der Waals surface area contributed by atoms with Gasteiger partial charge in [0.15, 0.2) is 0 Å². The summed E-state index contributed by atoms with van der Waals surface area (Å²) in [5.74, 6) is 0.177. The second kappa shape index (κ2) is 15.9. The lowest BCUT2D eigenvalue weighted by Crippen LogP contribution is -2.49. The Morgan fingerprint density at radius 2 is 1.69 bits per heavy atom. The first-order chi connectivity index (χ1) is 18.5. The second-order valence-corrected chi connectivity index (χ2v) is 11.9. The van der Waals surface area contributed by atoms with Crippen molar-refractivity contribution in [2.75, 3.05) is 30.3 Å². The number of ether oxygens (including phenoxy) is 1. The van der Waals surface area contributed by atoms with E-state index < -0.39 is 16.1 Å². The molecule has 0 aromatic heterocycles. The van der Waals surface area contributed by atoms with E-state index in [0.717, 1.165) is 24.7 Å². The van der Waals surface area contributed by atoms with E-state index >= 15 is 0 Å². The molecular formula is C28H39Cl2N3O5S. The van der Waals surface area contributed by atoms with Gasteiger partial charge < -0.3 is 15.0 Å². The molecule has 0 fully saturated rings. The predicted molar refractivity (Wildman–Crippen MR) is 158 cm³/mol. The maximum atomic E-state index is 13.5. The average Bonchev–Trinajstić information content (AvgIpc) is 2.88. The van der Waals surface area contributed by atoms with Crippen LogP contribution in [0.3, 0.4) is 0 Å². The zero-order valence-electron chi connectivity index (χ0n) is 23.1. The molecule has 0 saturated heterocycles. The zero-order valence-corrected chi connectivity index (χ0v) is 25.4. The lowest BCUT2D eigenvalue weighted by molar-refractivity contribution is -0.141. The number of halogens is 2. The first-order valence-corrected chi connectivity index (χ1v) is 15.8. The van der Waals surface area contributed by atoms with Gasteiger partial charge in [-0.2, -0.15) is 0 Å². The third-order valence-electron chi connectivity index (χ3n) is 6.14. The van der Waals surface area contributed by atoms with E-state index in [1.807, 2.05) is 20.8 Å². The number of unbranched alkanes of at least 4 members (excludes halogenated alkanes) is 1. The number of benzene rings is 2. The number of hydrogen-bond acceptors (Lipinski definition) is 5. The van der Waals surface area contributed by atoms with Crippen molar-refractivity contribution in [3.05, 3.63) is 58.1 Å². The fraction of sp³-hybridized carbons (Fsp3) is 0.500. The van der Waals surface area contributed by atoms with Crippen molar-refractivity contribution < 1.29 is 22.7 Å². The normalized spacial score (nSPS) is 12.1. The third-order valence-corrected chi connectivity index (χ3v) is 8.07. The van der Waals surface area contributed by atoms with E-state index in [0.29, 0.717) is 41.1 Å². The molecule has 39 heavy (non-hydrogen) atoms. The van der Waals surface area contributed by atoms with E-state index in [9.17, 15) is 18.0 Å². The van der Waals surface area contributed by atoms with Gasteiger partial charge in [0.25, 0.3) is 0 Å². The van der Waals surface area contributed by atoms with E-state index in [4.69, 9.17) is 27.9 Å². The first kappa shape index (κ1) is 32.7. The largest absolute Gasteiger partial charge is 0.494 e. The lowest BCUT2D eigenvalue weighted by atomic mass is 10.1. The minimum Gasteiger partial charge on any atom is -0.494 e. The summed E-state index contributed by atoms with van der Waals surface area (Å²) in [7, 11) is -3.59. The Balaban J connectivity index is 2.21. The summed E-state index contributed by atoms with van der Waals surface area (Å²) < 4.78 is 31.8. The number of hydrogen-bond donors (Lipinski definition) is 1. The van der Waals surface area contributed by atoms with Crippen LogP contribution < -0.4 is 14.4 Å². The van der Waals surface area contributed by atoms with Gasteiger partial charge >= 0.3 is 0 Å². The van der Waals surface area contributed by atoms with Gasteiger partial charge in [-0.3, -0.25) is 13.9 Å². The van der Waals surface area contributed by atoms with Crippen LogP contribution in [0.1, 0.15) is 58.4 Å². The Bertz CT molecular complexity index is 1190. The Kier molecular flexibility index (Phi) is 13.4. The number of carbonyl (C=O) groups is 2. The fourth-order valence-corrected chi connectivity index (χ4v) is 5.43. The molecule has 0 aliphatic carbocycles. The van der Waals surface area contributed by atoms with Crippen LogP contribution in [-0.4, -0.2) is 57.1 Å². The monoisotopic (exact) mass is 599 g/mol. The van der Waals surface area contributed by atoms with Gasteiger partial charge in [-0.25, -0.2) is 8.42 Å². The van der Waals surface area contributed by atoms with Gasteiger partial charge in [0.2, 0.25) is 21.8 Å². The van der Waals surface area contributed by atoms with Crippen LogP contribution in [0.4, 0.5) is 5.69 Å². The van der Waals surface area contributed by atoms with Crippen molar-refractivity contribution in [3.63, 3.8) is 0 Å². The molecule has 2 aromatic rings. The number of carbonyl (C=O) groups excluding carboxylic acids is 2. The minimum atomic E-state index is -3.59. The van der Waals surface area contributed by atoms with Crippen LogP contribution in [0.25, 0.3) is 0 Å². The summed E-state index contributed by atoms with van der Waals surface area (Å²) in [6.07, 6.45) is 3.67. The van der Waals surface area contributed by atoms with E-state index in [1.165, 1.54) is 4.31 Å². The van der Waals surface area contributed by atoms with Crippen LogP contribution in [0, 0.1) is 0 Å². The van der Waals surface area contributed by atoms with Gasteiger partial charge in [-0.05, 0) is 68.1 Å². The molecule has 8 nitrogen and oxygen atoms in total. The molecule has 0 heterocycles. The number of anilines is 1. The SMILES string of the molecule is CCCCNC(=O)[C@H](CC)N(Cc1ccc(Cl)c(Cl)c1)C(=O)CCCN(c1ccc(OCC)cc1)S(C)(=O)=O. The average molecular weight is 601 g/mol. The first-order valence-electron chi connectivity index (χ1n) is 13.2. The number of nitrogens with one attached hydrogen (secondary N) is 1. The molecule has 0 saturated carbocycles. The Hall–Kier alpha value is -2.49. The summed E-state index contributed by atoms with van der Waals surface area (Å²) in [6.45, 7) is 7.09. The second-order valence-electron chi connectivity index (χ2n) is 9.20. The Morgan fingerprint density at radius 3 is 2.26 bits per heavy atom. The van der Waals surface area contributed by atoms with Crippen LogP contribution >= 0.6 is 23.2 Å². The molecule has 0 aliphatic rings. The standard InChI is InChI=1S/C28H39Cl2N3O5S/c1-5-8-17-31-28(35)26(6-2)32(20-21-11-16-24(29)25(30)19-21)27(34)10-9-18-33(39(4,36)37)22-12-14-23(15-13-22)38-7-3/h11-16,19,26H,5-10,17-18,20H2,1-4H3,(H,31,35)/t26-/m0/s1. The van der Waals surface area contributed by atoms with Gasteiger partial charge in [-0.15, -0.1) is 0 Å². The van der Waals surface area contributed by atoms with Crippen molar-refractivity contribution in [1.82, 2.24) is 10.2 Å². The highest BCUT2D eigenvalue weighted by Gasteiger charge is 2.29. The topological polar surface area (TPSA) is 96.0 Å². The zero-order chi connectivity index (χ0) is 29.0. The van der Waals surface area contributed by atoms with Crippen LogP contribution in [0.5, 0.6) is 5.75 Å². The highest BCUT2D eigenvalue weighted by molar-refractivity contribution is 7.92.